The molecule has 2 amide bonds. The summed E-state index contributed by atoms with van der Waals surface area (Å²) in [7, 11) is 1.80. The summed E-state index contributed by atoms with van der Waals surface area (Å²) < 4.78 is 13.8. The number of carbonyl (C=O) groups excluding carboxylic acids is 1. The molecule has 2 aromatic rings. The number of rotatable bonds is 6. The molecule has 1 saturated heterocycles. The zero-order valence-electron chi connectivity index (χ0n) is 20.2. The van der Waals surface area contributed by atoms with E-state index in [0.717, 1.165) is 51.1 Å². The number of likely N-dealkylation sites (tertiary alicyclic amines) is 1. The van der Waals surface area contributed by atoms with Gasteiger partial charge in [0.15, 0.2) is 0 Å². The summed E-state index contributed by atoms with van der Waals surface area (Å²) in [4.78, 5) is 19.8. The molecule has 0 N–H and O–H groups in total. The number of aryl methyl sites for hydroxylation is 2. The van der Waals surface area contributed by atoms with Crippen molar-refractivity contribution in [2.75, 3.05) is 38.1 Å². The minimum absolute atomic E-state index is 0.00221. The Balaban J connectivity index is 1.51. The fourth-order valence-electron chi connectivity index (χ4n) is 5.04. The highest BCUT2D eigenvalue weighted by Crippen LogP contribution is 2.31. The molecule has 176 valence electrons. The molecule has 0 radical (unpaired) electrons. The van der Waals surface area contributed by atoms with E-state index in [-0.39, 0.29) is 17.9 Å². The summed E-state index contributed by atoms with van der Waals surface area (Å²) >= 11 is 0. The van der Waals surface area contributed by atoms with Gasteiger partial charge in [-0.3, -0.25) is 4.90 Å². The van der Waals surface area contributed by atoms with Crippen LogP contribution in [0.4, 0.5) is 14.9 Å². The molecule has 1 aliphatic carbocycles. The lowest BCUT2D eigenvalue weighted by Crippen LogP contribution is -2.50. The smallest absolute Gasteiger partial charge is 0.320 e. The van der Waals surface area contributed by atoms with Gasteiger partial charge in [0, 0.05) is 31.9 Å². The van der Waals surface area contributed by atoms with E-state index in [9.17, 15) is 9.18 Å². The Kier molecular flexibility index (Phi) is 7.49. The van der Waals surface area contributed by atoms with Crippen LogP contribution >= 0.6 is 0 Å². The molecule has 0 saturated carbocycles. The first-order chi connectivity index (χ1) is 15.9. The minimum Gasteiger partial charge on any atom is -0.320 e. The average Bonchev–Trinajstić information content (AvgIpc) is 3.34. The molecule has 2 aromatic carbocycles. The van der Waals surface area contributed by atoms with Gasteiger partial charge in [-0.1, -0.05) is 35.9 Å². The van der Waals surface area contributed by atoms with E-state index < -0.39 is 0 Å². The molecule has 1 aliphatic heterocycles. The van der Waals surface area contributed by atoms with Crippen LogP contribution in [0.5, 0.6) is 0 Å². The summed E-state index contributed by atoms with van der Waals surface area (Å²) in [5.74, 6) is -0.244. The molecule has 4 nitrogen and oxygen atoms in total. The van der Waals surface area contributed by atoms with E-state index in [1.165, 1.54) is 35.6 Å². The predicted molar refractivity (Wildman–Crippen MR) is 134 cm³/mol. The first kappa shape index (κ1) is 23.5. The van der Waals surface area contributed by atoms with Crippen molar-refractivity contribution in [3.8, 4) is 0 Å². The number of halogens is 1. The van der Waals surface area contributed by atoms with E-state index >= 15 is 0 Å². The third-order valence-corrected chi connectivity index (χ3v) is 7.13. The van der Waals surface area contributed by atoms with Gasteiger partial charge in [0.05, 0.1) is 0 Å². The number of amides is 2. The Hall–Kier alpha value is -2.66. The number of allylic oxidation sites excluding steroid dienone is 1. The minimum atomic E-state index is -0.244. The van der Waals surface area contributed by atoms with Crippen LogP contribution in [0.25, 0.3) is 5.57 Å². The molecule has 33 heavy (non-hydrogen) atoms. The van der Waals surface area contributed by atoms with Gasteiger partial charge in [0.2, 0.25) is 0 Å². The number of nitrogens with zero attached hydrogens (tertiary/aromatic N) is 3. The lowest BCUT2D eigenvalue weighted by atomic mass is 9.89. The predicted octanol–water partition coefficient (Wildman–Crippen LogP) is 6.03. The van der Waals surface area contributed by atoms with Gasteiger partial charge >= 0.3 is 6.03 Å². The number of urea groups is 1. The van der Waals surface area contributed by atoms with Crippen LogP contribution in [0.3, 0.4) is 0 Å². The highest BCUT2D eigenvalue weighted by molar-refractivity contribution is 5.92. The van der Waals surface area contributed by atoms with Gasteiger partial charge < -0.3 is 9.80 Å². The zero-order valence-corrected chi connectivity index (χ0v) is 20.2. The summed E-state index contributed by atoms with van der Waals surface area (Å²) in [6, 6.07) is 13.7. The third kappa shape index (κ3) is 5.64. The summed E-state index contributed by atoms with van der Waals surface area (Å²) in [6.45, 7) is 7.74. The molecule has 0 spiro atoms. The van der Waals surface area contributed by atoms with Crippen molar-refractivity contribution < 1.29 is 9.18 Å². The SMILES string of the molecule is Cc1cccc(C2=CCC(N(CCN3CCCC3)C(=O)N(C)c3ccc(F)c(C)c3)CC2)c1. The van der Waals surface area contributed by atoms with Crippen LogP contribution in [0.1, 0.15) is 48.8 Å². The van der Waals surface area contributed by atoms with Crippen LogP contribution in [-0.2, 0) is 0 Å². The molecule has 1 unspecified atom stereocenters. The van der Waals surface area contributed by atoms with Crippen molar-refractivity contribution in [1.29, 1.82) is 0 Å². The molecule has 1 heterocycles. The number of hydrogen-bond acceptors (Lipinski definition) is 2. The van der Waals surface area contributed by atoms with Gasteiger partial charge in [-0.15, -0.1) is 0 Å². The average molecular weight is 450 g/mol. The number of carbonyl (C=O) groups is 1. The normalized spacial score (nSPS) is 18.8. The topological polar surface area (TPSA) is 26.8 Å². The summed E-state index contributed by atoms with van der Waals surface area (Å²) in [5.41, 5.74) is 5.23. The fraction of sp³-hybridized carbons (Fsp3) is 0.464. The van der Waals surface area contributed by atoms with Crippen molar-refractivity contribution in [1.82, 2.24) is 9.80 Å². The number of benzene rings is 2. The lowest BCUT2D eigenvalue weighted by molar-refractivity contribution is 0.165. The van der Waals surface area contributed by atoms with E-state index in [0.29, 0.717) is 5.56 Å². The summed E-state index contributed by atoms with van der Waals surface area (Å²) in [6.07, 6.45) is 7.61. The van der Waals surface area contributed by atoms with Gasteiger partial charge in [-0.25, -0.2) is 9.18 Å². The maximum Gasteiger partial charge on any atom is 0.324 e. The molecule has 1 atom stereocenters. The second kappa shape index (κ2) is 10.5. The number of anilines is 1. The Morgan fingerprint density at radius 3 is 2.58 bits per heavy atom. The Bertz CT molecular complexity index is 1010. The van der Waals surface area contributed by atoms with Crippen LogP contribution in [0.15, 0.2) is 48.5 Å². The van der Waals surface area contributed by atoms with Crippen molar-refractivity contribution in [3.63, 3.8) is 0 Å². The zero-order chi connectivity index (χ0) is 23.4. The van der Waals surface area contributed by atoms with Gasteiger partial charge in [0.25, 0.3) is 0 Å². The van der Waals surface area contributed by atoms with Crippen LogP contribution in [0, 0.1) is 19.7 Å². The second-order valence-electron chi connectivity index (χ2n) is 9.54. The largest absolute Gasteiger partial charge is 0.324 e. The van der Waals surface area contributed by atoms with E-state index in [1.807, 2.05) is 0 Å². The van der Waals surface area contributed by atoms with E-state index in [1.54, 1.807) is 31.0 Å². The third-order valence-electron chi connectivity index (χ3n) is 7.13. The van der Waals surface area contributed by atoms with E-state index in [2.05, 4.69) is 47.1 Å². The van der Waals surface area contributed by atoms with Crippen LogP contribution in [0.2, 0.25) is 0 Å². The summed E-state index contributed by atoms with van der Waals surface area (Å²) in [5, 5.41) is 0. The maximum absolute atomic E-state index is 13.8. The van der Waals surface area contributed by atoms with Crippen LogP contribution in [-0.4, -0.2) is 55.1 Å². The van der Waals surface area contributed by atoms with Crippen molar-refractivity contribution in [3.05, 3.63) is 71.0 Å². The van der Waals surface area contributed by atoms with Crippen molar-refractivity contribution in [2.45, 2.75) is 52.0 Å². The van der Waals surface area contributed by atoms with Crippen molar-refractivity contribution >= 4 is 17.3 Å². The van der Waals surface area contributed by atoms with Crippen LogP contribution < -0.4 is 4.90 Å². The molecule has 0 bridgehead atoms. The fourth-order valence-corrected chi connectivity index (χ4v) is 5.04. The second-order valence-corrected chi connectivity index (χ2v) is 9.54. The lowest BCUT2D eigenvalue weighted by Gasteiger charge is -2.37. The maximum atomic E-state index is 13.8. The quantitative estimate of drug-likeness (QED) is 0.538. The Morgan fingerprint density at radius 2 is 1.91 bits per heavy atom. The van der Waals surface area contributed by atoms with Gasteiger partial charge in [-0.2, -0.15) is 0 Å². The van der Waals surface area contributed by atoms with E-state index in [4.69, 9.17) is 0 Å². The molecule has 1 fully saturated rings. The molecular formula is C28H36FN3O. The molecule has 4 rings (SSSR count). The molecule has 2 aliphatic rings. The molecule has 5 heteroatoms. The standard InChI is InChI=1S/C28H36FN3O/c1-21-7-6-8-24(19-21)23-9-11-25(12-10-23)32(18-17-31-15-4-5-16-31)28(33)30(3)26-13-14-27(29)22(2)20-26/h6-9,13-14,19-20,25H,4-5,10-12,15-18H2,1-3H3. The highest BCUT2D eigenvalue weighted by Gasteiger charge is 2.29. The van der Waals surface area contributed by atoms with Crippen molar-refractivity contribution in [2.24, 2.45) is 0 Å². The monoisotopic (exact) mass is 449 g/mol. The highest BCUT2D eigenvalue weighted by atomic mass is 19.1. The molecular weight excluding hydrogens is 413 g/mol. The van der Waals surface area contributed by atoms with Gasteiger partial charge in [0.1, 0.15) is 5.82 Å². The Labute approximate surface area is 197 Å². The van der Waals surface area contributed by atoms with Gasteiger partial charge in [-0.05, 0) is 93.9 Å². The Morgan fingerprint density at radius 1 is 1.12 bits per heavy atom. The molecule has 0 aromatic heterocycles. The first-order valence-corrected chi connectivity index (χ1v) is 12.2. The first-order valence-electron chi connectivity index (χ1n) is 12.2. The number of hydrogen-bond donors (Lipinski definition) is 0.